The Balaban J connectivity index is 1.74. The van der Waals surface area contributed by atoms with Gasteiger partial charge in [-0.15, -0.1) is 12.3 Å². The molecule has 0 unspecified atom stereocenters. The summed E-state index contributed by atoms with van der Waals surface area (Å²) in [6.07, 6.45) is 10.3. The number of hydrogen-bond acceptors (Lipinski definition) is 6. The Kier molecular flexibility index (Phi) is 14.7. The van der Waals surface area contributed by atoms with Crippen molar-refractivity contribution in [1.29, 1.82) is 0 Å². The SMILES string of the molecule is C#CC[C@H](NC(=O)[C@@H](CC(=O)N1CCN(C)CC1)Cc1ccccc1)C(=O)N[C@@H](CC1CCCCC1)[C@@H](O)[C@@H](O)CC(C)C. The zero-order valence-corrected chi connectivity index (χ0v) is 26.9. The normalized spacial score (nSPS) is 19.8. The third-order valence-corrected chi connectivity index (χ3v) is 9.09. The highest BCUT2D eigenvalue weighted by atomic mass is 16.3. The molecule has 9 heteroatoms. The lowest BCUT2D eigenvalue weighted by molar-refractivity contribution is -0.138. The third kappa shape index (κ3) is 11.5. The van der Waals surface area contributed by atoms with Gasteiger partial charge in [0.2, 0.25) is 17.7 Å². The highest BCUT2D eigenvalue weighted by molar-refractivity contribution is 5.91. The molecule has 0 radical (unpaired) electrons. The first-order valence-corrected chi connectivity index (χ1v) is 16.5. The van der Waals surface area contributed by atoms with E-state index < -0.39 is 42.0 Å². The zero-order valence-electron chi connectivity index (χ0n) is 26.9. The van der Waals surface area contributed by atoms with Crippen molar-refractivity contribution in [3.63, 3.8) is 0 Å². The third-order valence-electron chi connectivity index (χ3n) is 9.09. The Labute approximate surface area is 264 Å². The van der Waals surface area contributed by atoms with Crippen LogP contribution in [0.3, 0.4) is 0 Å². The summed E-state index contributed by atoms with van der Waals surface area (Å²) in [5.41, 5.74) is 0.923. The lowest BCUT2D eigenvalue weighted by atomic mass is 9.82. The molecule has 3 rings (SSSR count). The van der Waals surface area contributed by atoms with Crippen molar-refractivity contribution < 1.29 is 24.6 Å². The summed E-state index contributed by atoms with van der Waals surface area (Å²) in [5, 5.41) is 27.7. The Morgan fingerprint density at radius 1 is 0.977 bits per heavy atom. The van der Waals surface area contributed by atoms with Gasteiger partial charge in [-0.25, -0.2) is 0 Å². The summed E-state index contributed by atoms with van der Waals surface area (Å²) in [7, 11) is 2.02. The zero-order chi connectivity index (χ0) is 32.1. The van der Waals surface area contributed by atoms with Crippen LogP contribution < -0.4 is 10.6 Å². The Bertz CT molecular complexity index is 1080. The molecule has 1 aliphatic carbocycles. The maximum absolute atomic E-state index is 13.7. The summed E-state index contributed by atoms with van der Waals surface area (Å²) in [6, 6.07) is 7.83. The number of benzene rings is 1. The Morgan fingerprint density at radius 3 is 2.25 bits per heavy atom. The molecule has 1 saturated heterocycles. The molecule has 2 aliphatic rings. The lowest BCUT2D eigenvalue weighted by Gasteiger charge is -2.34. The van der Waals surface area contributed by atoms with Gasteiger partial charge in [0.05, 0.1) is 18.1 Å². The highest BCUT2D eigenvalue weighted by Gasteiger charge is 2.34. The van der Waals surface area contributed by atoms with Crippen molar-refractivity contribution in [3.8, 4) is 12.3 Å². The Hall–Kier alpha value is -2.93. The van der Waals surface area contributed by atoms with Gasteiger partial charge in [0.25, 0.3) is 0 Å². The van der Waals surface area contributed by atoms with Gasteiger partial charge in [0.15, 0.2) is 0 Å². The number of amides is 3. The summed E-state index contributed by atoms with van der Waals surface area (Å²) < 4.78 is 0. The number of nitrogens with one attached hydrogen (secondary N) is 2. The molecule has 2 fully saturated rings. The smallest absolute Gasteiger partial charge is 0.243 e. The molecule has 0 bridgehead atoms. The topological polar surface area (TPSA) is 122 Å². The second-order valence-electron chi connectivity index (χ2n) is 13.3. The van der Waals surface area contributed by atoms with Crippen LogP contribution in [0.5, 0.6) is 0 Å². The van der Waals surface area contributed by atoms with Crippen molar-refractivity contribution in [2.24, 2.45) is 17.8 Å². The van der Waals surface area contributed by atoms with Crippen molar-refractivity contribution in [2.75, 3.05) is 33.2 Å². The lowest BCUT2D eigenvalue weighted by Crippen LogP contribution is -2.56. The molecule has 0 aromatic heterocycles. The maximum atomic E-state index is 13.7. The van der Waals surface area contributed by atoms with Crippen LogP contribution in [-0.4, -0.2) is 95.3 Å². The van der Waals surface area contributed by atoms with E-state index in [1.807, 2.05) is 51.2 Å². The van der Waals surface area contributed by atoms with Crippen molar-refractivity contribution in [2.45, 2.75) is 102 Å². The predicted octanol–water partition coefficient (Wildman–Crippen LogP) is 2.74. The summed E-state index contributed by atoms with van der Waals surface area (Å²) in [6.45, 7) is 6.75. The molecule has 1 aromatic carbocycles. The molecule has 5 atom stereocenters. The molecule has 4 N–H and O–H groups in total. The second kappa shape index (κ2) is 18.1. The predicted molar refractivity (Wildman–Crippen MR) is 172 cm³/mol. The van der Waals surface area contributed by atoms with Gasteiger partial charge in [0.1, 0.15) is 12.1 Å². The summed E-state index contributed by atoms with van der Waals surface area (Å²) in [5.74, 6) is 1.36. The van der Waals surface area contributed by atoms with E-state index in [-0.39, 0.29) is 24.7 Å². The van der Waals surface area contributed by atoms with Gasteiger partial charge in [-0.3, -0.25) is 14.4 Å². The molecular formula is C35H54N4O5. The number of carbonyl (C=O) groups excluding carboxylic acids is 3. The van der Waals surface area contributed by atoms with E-state index in [1.165, 1.54) is 6.42 Å². The van der Waals surface area contributed by atoms with Gasteiger partial charge in [-0.2, -0.15) is 0 Å². The fraction of sp³-hybridized carbons (Fsp3) is 0.686. The second-order valence-corrected chi connectivity index (χ2v) is 13.3. The van der Waals surface area contributed by atoms with E-state index in [0.717, 1.165) is 44.3 Å². The molecule has 1 aromatic rings. The molecule has 44 heavy (non-hydrogen) atoms. The number of rotatable bonds is 15. The largest absolute Gasteiger partial charge is 0.390 e. The van der Waals surface area contributed by atoms with Gasteiger partial charge >= 0.3 is 0 Å². The van der Waals surface area contributed by atoms with Gasteiger partial charge in [0, 0.05) is 39.0 Å². The van der Waals surface area contributed by atoms with Gasteiger partial charge < -0.3 is 30.6 Å². The molecule has 0 spiro atoms. The minimum absolute atomic E-state index is 0.0270. The first kappa shape index (κ1) is 35.5. The van der Waals surface area contributed by atoms with E-state index in [4.69, 9.17) is 6.42 Å². The Morgan fingerprint density at radius 2 is 1.64 bits per heavy atom. The maximum Gasteiger partial charge on any atom is 0.243 e. The quantitative estimate of drug-likeness (QED) is 0.227. The van der Waals surface area contributed by atoms with Crippen LogP contribution in [0.15, 0.2) is 30.3 Å². The van der Waals surface area contributed by atoms with Gasteiger partial charge in [-0.1, -0.05) is 76.3 Å². The van der Waals surface area contributed by atoms with E-state index in [9.17, 15) is 24.6 Å². The van der Waals surface area contributed by atoms with Crippen molar-refractivity contribution >= 4 is 17.7 Å². The number of aliphatic hydroxyl groups excluding tert-OH is 2. The van der Waals surface area contributed by atoms with E-state index in [0.29, 0.717) is 38.3 Å². The minimum Gasteiger partial charge on any atom is -0.390 e. The summed E-state index contributed by atoms with van der Waals surface area (Å²) >= 11 is 0. The first-order valence-electron chi connectivity index (χ1n) is 16.5. The number of carbonyl (C=O) groups is 3. The number of aliphatic hydroxyl groups is 2. The van der Waals surface area contributed by atoms with Crippen molar-refractivity contribution in [3.05, 3.63) is 35.9 Å². The van der Waals surface area contributed by atoms with Crippen LogP contribution in [0.2, 0.25) is 0 Å². The fourth-order valence-electron chi connectivity index (χ4n) is 6.41. The van der Waals surface area contributed by atoms with Crippen LogP contribution in [0.1, 0.15) is 77.2 Å². The first-order chi connectivity index (χ1) is 21.1. The number of hydrogen-bond donors (Lipinski definition) is 4. The van der Waals surface area contributed by atoms with Crippen LogP contribution >= 0.6 is 0 Å². The van der Waals surface area contributed by atoms with Gasteiger partial charge in [-0.05, 0) is 43.7 Å². The van der Waals surface area contributed by atoms with Crippen LogP contribution in [-0.2, 0) is 20.8 Å². The summed E-state index contributed by atoms with van der Waals surface area (Å²) in [4.78, 5) is 44.6. The molecule has 1 saturated carbocycles. The van der Waals surface area contributed by atoms with Crippen LogP contribution in [0, 0.1) is 30.1 Å². The molecule has 1 heterocycles. The number of piperazine rings is 1. The van der Waals surface area contributed by atoms with E-state index in [1.54, 1.807) is 4.90 Å². The average Bonchev–Trinajstić information content (AvgIpc) is 3.00. The number of terminal acetylenes is 1. The standard InChI is InChI=1S/C35H54N4O5/c1-5-12-29(35(44)37-30(23-27-15-10-7-11-16-27)33(42)31(40)21-25(2)3)36-34(43)28(22-26-13-8-6-9-14-26)24-32(41)39-19-17-38(4)18-20-39/h1,6,8-9,13-14,25,27-31,33,40,42H,7,10-12,15-24H2,2-4H3,(H,36,43)(H,37,44)/t28-,29+,30+,31+,33-/m1/s1. The van der Waals surface area contributed by atoms with Crippen LogP contribution in [0.4, 0.5) is 0 Å². The number of likely N-dealkylation sites (N-methyl/N-ethyl adjacent to an activating group) is 1. The molecule has 244 valence electrons. The van der Waals surface area contributed by atoms with Crippen LogP contribution in [0.25, 0.3) is 0 Å². The molecule has 9 nitrogen and oxygen atoms in total. The molecule has 3 amide bonds. The molecule has 1 aliphatic heterocycles. The number of nitrogens with zero attached hydrogens (tertiary/aromatic N) is 2. The minimum atomic E-state index is -1.14. The highest BCUT2D eigenvalue weighted by Crippen LogP contribution is 2.29. The fourth-order valence-corrected chi connectivity index (χ4v) is 6.41. The van der Waals surface area contributed by atoms with Crippen molar-refractivity contribution in [1.82, 2.24) is 20.4 Å². The average molecular weight is 611 g/mol. The van der Waals surface area contributed by atoms with E-state index in [2.05, 4.69) is 21.5 Å². The molecular weight excluding hydrogens is 556 g/mol. The monoisotopic (exact) mass is 610 g/mol. The van der Waals surface area contributed by atoms with E-state index >= 15 is 0 Å².